The molecule has 1 nitrogen and oxygen atoms in total. The van der Waals surface area contributed by atoms with Gasteiger partial charge in [-0.3, -0.25) is 0 Å². The van der Waals surface area contributed by atoms with Gasteiger partial charge >= 0.3 is 0 Å². The third-order valence-electron chi connectivity index (χ3n) is 2.95. The molecule has 19 heavy (non-hydrogen) atoms. The summed E-state index contributed by atoms with van der Waals surface area (Å²) in [5, 5.41) is 4.32. The van der Waals surface area contributed by atoms with E-state index in [9.17, 15) is 0 Å². The Bertz CT molecular complexity index is 507. The number of rotatable bonds is 6. The van der Waals surface area contributed by atoms with E-state index in [1.807, 2.05) is 18.2 Å². The molecule has 1 unspecified atom stereocenters. The van der Waals surface area contributed by atoms with Crippen LogP contribution in [0, 0.1) is 0 Å². The Morgan fingerprint density at radius 1 is 1.11 bits per heavy atom. The van der Waals surface area contributed by atoms with Gasteiger partial charge in [0, 0.05) is 22.5 Å². The molecular weight excluding hydrogens is 297 g/mol. The minimum Gasteiger partial charge on any atom is -0.314 e. The highest BCUT2D eigenvalue weighted by Gasteiger charge is 2.04. The van der Waals surface area contributed by atoms with Crippen LogP contribution >= 0.6 is 34.5 Å². The Hall–Kier alpha value is -0.540. The highest BCUT2D eigenvalue weighted by Crippen LogP contribution is 2.21. The predicted molar refractivity (Wildman–Crippen MR) is 85.7 cm³/mol. The number of halogens is 2. The minimum atomic E-state index is 0.455. The lowest BCUT2D eigenvalue weighted by molar-refractivity contribution is 0.550. The van der Waals surface area contributed by atoms with Gasteiger partial charge in [0.15, 0.2) is 0 Å². The van der Waals surface area contributed by atoms with E-state index in [1.165, 1.54) is 10.4 Å². The summed E-state index contributed by atoms with van der Waals surface area (Å²) in [6, 6.07) is 12.6. The zero-order valence-corrected chi connectivity index (χ0v) is 13.2. The Balaban J connectivity index is 1.72. The van der Waals surface area contributed by atoms with Gasteiger partial charge in [0.1, 0.15) is 0 Å². The quantitative estimate of drug-likeness (QED) is 0.806. The Morgan fingerprint density at radius 3 is 2.47 bits per heavy atom. The third kappa shape index (κ3) is 5.15. The Kier molecular flexibility index (Phi) is 5.71. The molecule has 0 aliphatic rings. The monoisotopic (exact) mass is 313 g/mol. The zero-order chi connectivity index (χ0) is 13.7. The second-order valence-corrected chi connectivity index (χ2v) is 6.88. The normalized spacial score (nSPS) is 12.6. The third-order valence-corrected chi connectivity index (χ3v) is 4.49. The van der Waals surface area contributed by atoms with Crippen LogP contribution in [0.4, 0.5) is 0 Å². The smallest absolute Gasteiger partial charge is 0.0931 e. The molecule has 0 aliphatic heterocycles. The van der Waals surface area contributed by atoms with Crippen molar-refractivity contribution in [2.75, 3.05) is 6.54 Å². The van der Waals surface area contributed by atoms with Gasteiger partial charge in [-0.1, -0.05) is 35.3 Å². The maximum atomic E-state index is 5.91. The molecular formula is C15H17Cl2NS. The van der Waals surface area contributed by atoms with E-state index in [2.05, 4.69) is 30.4 Å². The number of nitrogens with one attached hydrogen (secondary N) is 1. The molecule has 1 heterocycles. The highest BCUT2D eigenvalue weighted by molar-refractivity contribution is 7.16. The SMILES string of the molecule is CC(Cc1ccc(Cl)cc1)NCCc1ccc(Cl)s1. The first-order chi connectivity index (χ1) is 9.13. The topological polar surface area (TPSA) is 12.0 Å². The largest absolute Gasteiger partial charge is 0.314 e. The van der Waals surface area contributed by atoms with E-state index in [-0.39, 0.29) is 0 Å². The van der Waals surface area contributed by atoms with Crippen molar-refractivity contribution in [3.05, 3.63) is 56.2 Å². The average molecular weight is 314 g/mol. The van der Waals surface area contributed by atoms with Crippen LogP contribution in [0.5, 0.6) is 0 Å². The summed E-state index contributed by atoms with van der Waals surface area (Å²) in [4.78, 5) is 1.33. The van der Waals surface area contributed by atoms with Crippen LogP contribution in [0.25, 0.3) is 0 Å². The molecule has 0 spiro atoms. The van der Waals surface area contributed by atoms with E-state index >= 15 is 0 Å². The molecule has 0 radical (unpaired) electrons. The van der Waals surface area contributed by atoms with Gasteiger partial charge in [-0.15, -0.1) is 11.3 Å². The molecule has 1 atom stereocenters. The van der Waals surface area contributed by atoms with Gasteiger partial charge in [-0.25, -0.2) is 0 Å². The van der Waals surface area contributed by atoms with Crippen molar-refractivity contribution in [2.24, 2.45) is 0 Å². The minimum absolute atomic E-state index is 0.455. The van der Waals surface area contributed by atoms with E-state index in [0.29, 0.717) is 6.04 Å². The van der Waals surface area contributed by atoms with Gasteiger partial charge in [0.2, 0.25) is 0 Å². The first-order valence-electron chi connectivity index (χ1n) is 6.35. The lowest BCUT2D eigenvalue weighted by Gasteiger charge is -2.13. The molecule has 0 saturated carbocycles. The van der Waals surface area contributed by atoms with E-state index in [4.69, 9.17) is 23.2 Å². The summed E-state index contributed by atoms with van der Waals surface area (Å²) in [5.41, 5.74) is 1.31. The van der Waals surface area contributed by atoms with Gasteiger partial charge in [-0.2, -0.15) is 0 Å². The first-order valence-corrected chi connectivity index (χ1v) is 7.93. The van der Waals surface area contributed by atoms with Crippen molar-refractivity contribution in [3.63, 3.8) is 0 Å². The van der Waals surface area contributed by atoms with Crippen LogP contribution in [0.1, 0.15) is 17.4 Å². The fraction of sp³-hybridized carbons (Fsp3) is 0.333. The fourth-order valence-corrected chi connectivity index (χ4v) is 3.19. The van der Waals surface area contributed by atoms with Crippen molar-refractivity contribution in [1.82, 2.24) is 5.32 Å². The van der Waals surface area contributed by atoms with Crippen LogP contribution < -0.4 is 5.32 Å². The summed E-state index contributed by atoms with van der Waals surface area (Å²) >= 11 is 13.4. The molecule has 1 aromatic heterocycles. The van der Waals surface area contributed by atoms with Gasteiger partial charge < -0.3 is 5.32 Å². The first kappa shape index (κ1) is 14.9. The fourth-order valence-electron chi connectivity index (χ4n) is 1.97. The van der Waals surface area contributed by atoms with E-state index < -0.39 is 0 Å². The summed E-state index contributed by atoms with van der Waals surface area (Å²) in [5.74, 6) is 0. The van der Waals surface area contributed by atoms with Crippen molar-refractivity contribution in [1.29, 1.82) is 0 Å². The molecule has 0 saturated heterocycles. The molecule has 102 valence electrons. The second-order valence-electron chi connectivity index (χ2n) is 4.64. The molecule has 2 aromatic rings. The van der Waals surface area contributed by atoms with Crippen LogP contribution in [-0.2, 0) is 12.8 Å². The van der Waals surface area contributed by atoms with Crippen LogP contribution in [-0.4, -0.2) is 12.6 Å². The van der Waals surface area contributed by atoms with E-state index in [0.717, 1.165) is 28.7 Å². The van der Waals surface area contributed by atoms with Crippen molar-refractivity contribution < 1.29 is 0 Å². The van der Waals surface area contributed by atoms with Gasteiger partial charge in [0.05, 0.1) is 4.34 Å². The lowest BCUT2D eigenvalue weighted by Crippen LogP contribution is -2.29. The second kappa shape index (κ2) is 7.30. The summed E-state index contributed by atoms with van der Waals surface area (Å²) < 4.78 is 0.865. The van der Waals surface area contributed by atoms with Crippen molar-refractivity contribution in [2.45, 2.75) is 25.8 Å². The average Bonchev–Trinajstić information content (AvgIpc) is 2.78. The number of thiophene rings is 1. The van der Waals surface area contributed by atoms with Gasteiger partial charge in [-0.05, 0) is 49.6 Å². The number of hydrogen-bond donors (Lipinski definition) is 1. The molecule has 1 aromatic carbocycles. The predicted octanol–water partition coefficient (Wildman–Crippen LogP) is 4.82. The van der Waals surface area contributed by atoms with Crippen LogP contribution in [0.3, 0.4) is 0 Å². The molecule has 1 N–H and O–H groups in total. The summed E-state index contributed by atoms with van der Waals surface area (Å²) in [6.45, 7) is 3.18. The van der Waals surface area contributed by atoms with Crippen LogP contribution in [0.2, 0.25) is 9.36 Å². The van der Waals surface area contributed by atoms with Crippen LogP contribution in [0.15, 0.2) is 36.4 Å². The Morgan fingerprint density at radius 2 is 1.84 bits per heavy atom. The van der Waals surface area contributed by atoms with Crippen molar-refractivity contribution in [3.8, 4) is 0 Å². The number of hydrogen-bond acceptors (Lipinski definition) is 2. The number of benzene rings is 1. The van der Waals surface area contributed by atoms with E-state index in [1.54, 1.807) is 11.3 Å². The zero-order valence-electron chi connectivity index (χ0n) is 10.8. The molecule has 2 rings (SSSR count). The van der Waals surface area contributed by atoms with Gasteiger partial charge in [0.25, 0.3) is 0 Å². The van der Waals surface area contributed by atoms with Crippen molar-refractivity contribution >= 4 is 34.5 Å². The molecule has 0 aliphatic carbocycles. The molecule has 0 amide bonds. The molecule has 0 bridgehead atoms. The summed E-state index contributed by atoms with van der Waals surface area (Å²) in [7, 11) is 0. The molecule has 4 heteroatoms. The maximum Gasteiger partial charge on any atom is 0.0931 e. The highest BCUT2D eigenvalue weighted by atomic mass is 35.5. The Labute approximate surface area is 128 Å². The lowest BCUT2D eigenvalue weighted by atomic mass is 10.1. The maximum absolute atomic E-state index is 5.91. The standard InChI is InChI=1S/C15H17Cl2NS/c1-11(10-12-2-4-13(16)5-3-12)18-9-8-14-6-7-15(17)19-14/h2-7,11,18H,8-10H2,1H3. The summed E-state index contributed by atoms with van der Waals surface area (Å²) in [6.07, 6.45) is 2.05. The molecule has 0 fully saturated rings.